The number of hydrogen-bond donors (Lipinski definition) is 2. The summed E-state index contributed by atoms with van der Waals surface area (Å²) in [6.45, 7) is 9.99. The lowest BCUT2D eigenvalue weighted by atomic mass is 10.00. The molecule has 2 fully saturated rings. The fraction of sp³-hybridized carbons (Fsp3) is 0.462. The monoisotopic (exact) mass is 475 g/mol. The van der Waals surface area contributed by atoms with Crippen LogP contribution < -0.4 is 14.9 Å². The van der Waals surface area contributed by atoms with E-state index in [1.54, 1.807) is 6.20 Å². The minimum atomic E-state index is -0.318. The number of aliphatic hydroxyl groups excluding tert-OH is 1. The molecule has 5 heterocycles. The predicted molar refractivity (Wildman–Crippen MR) is 136 cm³/mol. The van der Waals surface area contributed by atoms with E-state index in [1.165, 1.54) is 0 Å². The fourth-order valence-electron chi connectivity index (χ4n) is 5.50. The summed E-state index contributed by atoms with van der Waals surface area (Å²) in [4.78, 5) is 11.7. The second kappa shape index (κ2) is 8.82. The molecule has 0 saturated carbocycles. The number of hydrogen-bond acceptors (Lipinski definition) is 7. The van der Waals surface area contributed by atoms with Crippen LogP contribution in [0.3, 0.4) is 0 Å². The highest BCUT2D eigenvalue weighted by Gasteiger charge is 2.40. The molecule has 2 saturated heterocycles. The molecule has 35 heavy (non-hydrogen) atoms. The third-order valence-electron chi connectivity index (χ3n) is 7.80. The van der Waals surface area contributed by atoms with Crippen molar-refractivity contribution < 1.29 is 9.84 Å². The van der Waals surface area contributed by atoms with Gasteiger partial charge in [0.05, 0.1) is 17.9 Å². The van der Waals surface area contributed by atoms with E-state index in [4.69, 9.17) is 4.98 Å². The third kappa shape index (κ3) is 4.13. The van der Waals surface area contributed by atoms with Gasteiger partial charge in [0.25, 0.3) is 5.69 Å². The number of rotatable bonds is 6. The van der Waals surface area contributed by atoms with Gasteiger partial charge in [-0.2, -0.15) is 4.73 Å². The van der Waals surface area contributed by atoms with Crippen molar-refractivity contribution in [2.45, 2.75) is 32.0 Å². The van der Waals surface area contributed by atoms with Crippen LogP contribution in [0.2, 0.25) is 0 Å². The Balaban J connectivity index is 1.17. The van der Waals surface area contributed by atoms with Gasteiger partial charge in [0.1, 0.15) is 5.82 Å². The van der Waals surface area contributed by atoms with E-state index in [9.17, 15) is 10.3 Å². The Labute approximate surface area is 205 Å². The van der Waals surface area contributed by atoms with E-state index < -0.39 is 0 Å². The maximum absolute atomic E-state index is 13.0. The largest absolute Gasteiger partial charge is 0.618 e. The topological polar surface area (TPSA) is 86.0 Å². The molecule has 0 aliphatic carbocycles. The van der Waals surface area contributed by atoms with Crippen molar-refractivity contribution in [1.29, 1.82) is 0 Å². The zero-order valence-corrected chi connectivity index (χ0v) is 20.3. The van der Waals surface area contributed by atoms with Gasteiger partial charge in [-0.15, -0.1) is 0 Å². The van der Waals surface area contributed by atoms with Crippen molar-refractivity contribution in [1.82, 2.24) is 19.2 Å². The quantitative estimate of drug-likeness (QED) is 0.317. The Kier molecular flexibility index (Phi) is 5.63. The van der Waals surface area contributed by atoms with Crippen LogP contribution in [0.4, 0.5) is 11.6 Å². The summed E-state index contributed by atoms with van der Waals surface area (Å²) in [5.41, 5.74) is 3.22. The Bertz CT molecular complexity index is 1240. The average molecular weight is 476 g/mol. The Morgan fingerprint density at radius 1 is 1.11 bits per heavy atom. The van der Waals surface area contributed by atoms with Crippen LogP contribution in [0.15, 0.2) is 48.8 Å². The molecular weight excluding hydrogens is 442 g/mol. The number of benzene rings is 1. The van der Waals surface area contributed by atoms with Crippen molar-refractivity contribution in [3.05, 3.63) is 65.3 Å². The van der Waals surface area contributed by atoms with Gasteiger partial charge in [0.2, 0.25) is 11.8 Å². The van der Waals surface area contributed by atoms with Crippen LogP contribution in [0.25, 0.3) is 11.2 Å². The average Bonchev–Trinajstić information content (AvgIpc) is 3.24. The molecule has 1 aromatic carbocycles. The number of fused-ring (bicyclic) bond motifs is 3. The Morgan fingerprint density at radius 3 is 2.57 bits per heavy atom. The molecule has 184 valence electrons. The zero-order chi connectivity index (χ0) is 24.1. The lowest BCUT2D eigenvalue weighted by molar-refractivity contribution is -0.606. The first-order valence-corrected chi connectivity index (χ1v) is 12.6. The Hall–Kier alpha value is -3.14. The summed E-state index contributed by atoms with van der Waals surface area (Å²) in [7, 11) is 0. The number of anilines is 2. The fourth-order valence-corrected chi connectivity index (χ4v) is 5.50. The number of aromatic nitrogens is 3. The molecule has 3 aliphatic rings. The van der Waals surface area contributed by atoms with Gasteiger partial charge in [0.15, 0.2) is 5.82 Å². The smallest absolute Gasteiger partial charge is 0.265 e. The SMILES string of the molecule is C[C@@H]1[C@H](C)N1CC(O)CN1CCN(c2cn3c4c([n+]([O-])cc3n2)C(c2ccccc2)=CCN4)CC1. The second-order valence-electron chi connectivity index (χ2n) is 9.96. The second-order valence-corrected chi connectivity index (χ2v) is 9.96. The lowest BCUT2D eigenvalue weighted by Gasteiger charge is -2.35. The molecular formula is C26H33N7O2. The van der Waals surface area contributed by atoms with E-state index >= 15 is 0 Å². The number of β-amino-alcohol motifs (C(OH)–C–C–N with tert-alkyl or cyclic N) is 1. The first-order chi connectivity index (χ1) is 17.0. The molecule has 2 aromatic heterocycles. The molecule has 0 radical (unpaired) electrons. The summed E-state index contributed by atoms with van der Waals surface area (Å²) in [5, 5.41) is 26.9. The van der Waals surface area contributed by atoms with Gasteiger partial charge in [0, 0.05) is 57.9 Å². The van der Waals surface area contributed by atoms with Crippen molar-refractivity contribution in [2.24, 2.45) is 0 Å². The molecule has 9 heteroatoms. The van der Waals surface area contributed by atoms with Crippen molar-refractivity contribution in [2.75, 3.05) is 56.0 Å². The maximum Gasteiger partial charge on any atom is 0.265 e. The molecule has 3 aromatic rings. The van der Waals surface area contributed by atoms with Crippen molar-refractivity contribution in [3.63, 3.8) is 0 Å². The minimum absolute atomic E-state index is 0.318. The molecule has 4 atom stereocenters. The third-order valence-corrected chi connectivity index (χ3v) is 7.80. The highest BCUT2D eigenvalue weighted by molar-refractivity contribution is 5.84. The predicted octanol–water partition coefficient (Wildman–Crippen LogP) is 1.40. The number of piperazine rings is 1. The molecule has 2 unspecified atom stereocenters. The van der Waals surface area contributed by atoms with E-state index in [0.29, 0.717) is 36.5 Å². The van der Waals surface area contributed by atoms with E-state index in [1.807, 2.05) is 40.9 Å². The molecule has 0 bridgehead atoms. The molecule has 0 amide bonds. The van der Waals surface area contributed by atoms with Gasteiger partial charge in [-0.1, -0.05) is 36.4 Å². The lowest BCUT2D eigenvalue weighted by Crippen LogP contribution is -2.49. The van der Waals surface area contributed by atoms with E-state index in [0.717, 1.165) is 60.2 Å². The van der Waals surface area contributed by atoms with Crippen LogP contribution in [-0.2, 0) is 0 Å². The molecule has 6 rings (SSSR count). The van der Waals surface area contributed by atoms with E-state index in [2.05, 4.69) is 39.9 Å². The van der Waals surface area contributed by atoms with E-state index in [-0.39, 0.29) is 6.10 Å². The normalized spacial score (nSPS) is 25.2. The van der Waals surface area contributed by atoms with Crippen LogP contribution in [-0.4, -0.2) is 88.3 Å². The summed E-state index contributed by atoms with van der Waals surface area (Å²) in [6.07, 6.45) is 5.34. The van der Waals surface area contributed by atoms with Crippen molar-refractivity contribution >= 4 is 22.9 Å². The molecule has 9 nitrogen and oxygen atoms in total. The van der Waals surface area contributed by atoms with Crippen molar-refractivity contribution in [3.8, 4) is 0 Å². The summed E-state index contributed by atoms with van der Waals surface area (Å²) in [6, 6.07) is 11.2. The van der Waals surface area contributed by atoms with Gasteiger partial charge in [-0.05, 0) is 19.4 Å². The van der Waals surface area contributed by atoms with Crippen LogP contribution in [0, 0.1) is 5.21 Å². The minimum Gasteiger partial charge on any atom is -0.618 e. The van der Waals surface area contributed by atoms with Crippen LogP contribution >= 0.6 is 0 Å². The molecule has 3 aliphatic heterocycles. The number of nitrogens with one attached hydrogen (secondary N) is 1. The number of aliphatic hydroxyl groups is 1. The Morgan fingerprint density at radius 2 is 1.86 bits per heavy atom. The maximum atomic E-state index is 13.0. The molecule has 0 spiro atoms. The zero-order valence-electron chi connectivity index (χ0n) is 20.3. The van der Waals surface area contributed by atoms with Crippen LogP contribution in [0.5, 0.6) is 0 Å². The number of imidazole rings is 1. The summed E-state index contributed by atoms with van der Waals surface area (Å²) < 4.78 is 2.93. The van der Waals surface area contributed by atoms with Gasteiger partial charge in [-0.3, -0.25) is 14.2 Å². The van der Waals surface area contributed by atoms with Crippen LogP contribution in [0.1, 0.15) is 25.1 Å². The first kappa shape index (κ1) is 22.3. The highest BCUT2D eigenvalue weighted by Crippen LogP contribution is 2.31. The van der Waals surface area contributed by atoms with Gasteiger partial charge < -0.3 is 20.5 Å². The van der Waals surface area contributed by atoms with Gasteiger partial charge >= 0.3 is 0 Å². The highest BCUT2D eigenvalue weighted by atomic mass is 16.5. The number of nitrogens with zero attached hydrogens (tertiary/aromatic N) is 6. The van der Waals surface area contributed by atoms with Gasteiger partial charge in [-0.25, -0.2) is 4.98 Å². The molecule has 2 N–H and O–H groups in total. The standard InChI is InChI=1S/C26H33N7O2/c1-18-19(2)31(18)15-21(34)14-29-10-12-30(13-11-29)23-16-32-24(28-23)17-33(35)25-22(8-9-27-26(25)32)20-6-4-3-5-7-20/h3-8,16-19,21,27,34H,9-15H2,1-2H3/t18-,19+,21?,31?. The first-order valence-electron chi connectivity index (χ1n) is 12.6. The summed E-state index contributed by atoms with van der Waals surface area (Å²) in [5.74, 6) is 1.65. The summed E-state index contributed by atoms with van der Waals surface area (Å²) >= 11 is 0.